The molecule has 29 heavy (non-hydrogen) atoms. The molecule has 3 rings (SSSR count). The third-order valence-electron chi connectivity index (χ3n) is 4.84. The summed E-state index contributed by atoms with van der Waals surface area (Å²) in [6, 6.07) is 15.9. The van der Waals surface area contributed by atoms with Gasteiger partial charge in [0.2, 0.25) is 5.89 Å². The Morgan fingerprint density at radius 3 is 2.45 bits per heavy atom. The summed E-state index contributed by atoms with van der Waals surface area (Å²) in [5.74, 6) is 1.51. The van der Waals surface area contributed by atoms with E-state index in [9.17, 15) is 0 Å². The van der Waals surface area contributed by atoms with E-state index in [0.29, 0.717) is 5.89 Å². The van der Waals surface area contributed by atoms with Gasteiger partial charge >= 0.3 is 0 Å². The molecule has 1 aromatic heterocycles. The van der Waals surface area contributed by atoms with Crippen LogP contribution in [-0.2, 0) is 0 Å². The maximum atomic E-state index is 6.07. The third-order valence-corrected chi connectivity index (χ3v) is 4.84. The van der Waals surface area contributed by atoms with Gasteiger partial charge in [0.15, 0.2) is 5.58 Å². The van der Waals surface area contributed by atoms with Gasteiger partial charge in [-0.1, -0.05) is 44.2 Å². The van der Waals surface area contributed by atoms with E-state index >= 15 is 0 Å². The van der Waals surface area contributed by atoms with E-state index in [2.05, 4.69) is 29.8 Å². The van der Waals surface area contributed by atoms with Crippen LogP contribution in [0.2, 0.25) is 0 Å². The lowest BCUT2D eigenvalue weighted by Gasteiger charge is -2.20. The smallest absolute Gasteiger partial charge is 0.220 e. The van der Waals surface area contributed by atoms with Crippen LogP contribution in [0.15, 0.2) is 52.9 Å². The van der Waals surface area contributed by atoms with Gasteiger partial charge in [-0.3, -0.25) is 0 Å². The fourth-order valence-corrected chi connectivity index (χ4v) is 3.46. The van der Waals surface area contributed by atoms with Crippen LogP contribution in [0.4, 0.5) is 0 Å². The van der Waals surface area contributed by atoms with Crippen LogP contribution < -0.4 is 4.74 Å². The van der Waals surface area contributed by atoms with Crippen LogP contribution in [0, 0.1) is 0 Å². The molecule has 0 spiro atoms. The highest BCUT2D eigenvalue weighted by Crippen LogP contribution is 2.22. The van der Waals surface area contributed by atoms with E-state index in [-0.39, 0.29) is 0 Å². The molecule has 0 aliphatic rings. The Balaban J connectivity index is 1.52. The Kier molecular flexibility index (Phi) is 8.32. The number of para-hydroxylation sites is 3. The molecule has 3 aromatic rings. The molecular formula is C25H32N2O2. The Labute approximate surface area is 174 Å². The molecular weight excluding hydrogens is 360 g/mol. The van der Waals surface area contributed by atoms with Crippen molar-refractivity contribution in [1.29, 1.82) is 0 Å². The molecule has 0 radical (unpaired) electrons. The van der Waals surface area contributed by atoms with E-state index in [1.165, 1.54) is 32.4 Å². The average Bonchev–Trinajstić information content (AvgIpc) is 3.16. The number of fused-ring (bicyclic) bond motifs is 1. The number of benzene rings is 2. The monoisotopic (exact) mass is 392 g/mol. The standard InChI is InChI=1S/C25H32N2O2/c1-3-17-27(18-4-2)19-9-10-20-28-23-13-7-5-11-21(23)15-16-25-26-22-12-6-8-14-24(22)29-25/h5-8,11-16H,3-4,9-10,17-20H2,1-2H3. The largest absolute Gasteiger partial charge is 0.493 e. The van der Waals surface area contributed by atoms with Gasteiger partial charge in [-0.15, -0.1) is 0 Å². The topological polar surface area (TPSA) is 38.5 Å². The second-order valence-corrected chi connectivity index (χ2v) is 7.29. The molecule has 0 atom stereocenters. The van der Waals surface area contributed by atoms with E-state index in [1.807, 2.05) is 54.6 Å². The van der Waals surface area contributed by atoms with Crippen LogP contribution in [0.25, 0.3) is 23.3 Å². The first-order valence-corrected chi connectivity index (χ1v) is 10.8. The van der Waals surface area contributed by atoms with Crippen molar-refractivity contribution in [3.05, 3.63) is 60.0 Å². The number of oxazole rings is 1. The van der Waals surface area contributed by atoms with Crippen molar-refractivity contribution in [1.82, 2.24) is 9.88 Å². The molecule has 0 fully saturated rings. The first kappa shape index (κ1) is 21.1. The van der Waals surface area contributed by atoms with E-state index in [4.69, 9.17) is 9.15 Å². The van der Waals surface area contributed by atoms with Crippen molar-refractivity contribution >= 4 is 23.3 Å². The van der Waals surface area contributed by atoms with Crippen molar-refractivity contribution in [2.24, 2.45) is 0 Å². The summed E-state index contributed by atoms with van der Waals surface area (Å²) in [4.78, 5) is 7.04. The predicted molar refractivity (Wildman–Crippen MR) is 121 cm³/mol. The Hall–Kier alpha value is -2.59. The molecule has 4 heteroatoms. The third kappa shape index (κ3) is 6.47. The zero-order chi connectivity index (χ0) is 20.3. The van der Waals surface area contributed by atoms with E-state index in [1.54, 1.807) is 0 Å². The lowest BCUT2D eigenvalue weighted by Crippen LogP contribution is -2.26. The lowest BCUT2D eigenvalue weighted by molar-refractivity contribution is 0.250. The van der Waals surface area contributed by atoms with Crippen molar-refractivity contribution in [3.63, 3.8) is 0 Å². The number of unbranched alkanes of at least 4 members (excludes halogenated alkanes) is 1. The second kappa shape index (κ2) is 11.4. The SMILES string of the molecule is CCCN(CCC)CCCCOc1ccccc1C=Cc1nc2ccccc2o1. The summed E-state index contributed by atoms with van der Waals surface area (Å²) in [6.07, 6.45) is 8.57. The minimum Gasteiger partial charge on any atom is -0.493 e. The number of ether oxygens (including phenoxy) is 1. The molecule has 0 amide bonds. The first-order chi connectivity index (χ1) is 14.3. The average molecular weight is 393 g/mol. The van der Waals surface area contributed by atoms with Crippen LogP contribution >= 0.6 is 0 Å². The van der Waals surface area contributed by atoms with Gasteiger partial charge in [-0.2, -0.15) is 0 Å². The van der Waals surface area contributed by atoms with Gasteiger partial charge in [-0.05, 0) is 69.6 Å². The summed E-state index contributed by atoms with van der Waals surface area (Å²) < 4.78 is 11.8. The molecule has 0 saturated carbocycles. The highest BCUT2D eigenvalue weighted by Gasteiger charge is 2.05. The number of aromatic nitrogens is 1. The fourth-order valence-electron chi connectivity index (χ4n) is 3.46. The zero-order valence-corrected chi connectivity index (χ0v) is 17.6. The fraction of sp³-hybridized carbons (Fsp3) is 0.400. The summed E-state index contributed by atoms with van der Waals surface area (Å²) in [7, 11) is 0. The highest BCUT2D eigenvalue weighted by atomic mass is 16.5. The quantitative estimate of drug-likeness (QED) is 0.340. The number of hydrogen-bond acceptors (Lipinski definition) is 4. The van der Waals surface area contributed by atoms with Gasteiger partial charge in [0.25, 0.3) is 0 Å². The number of nitrogens with zero attached hydrogens (tertiary/aromatic N) is 2. The van der Waals surface area contributed by atoms with E-state index in [0.717, 1.165) is 42.0 Å². The van der Waals surface area contributed by atoms with Crippen LogP contribution in [0.5, 0.6) is 5.75 Å². The number of hydrogen-bond donors (Lipinski definition) is 0. The Bertz CT molecular complexity index is 861. The molecule has 0 aliphatic carbocycles. The van der Waals surface area contributed by atoms with Crippen LogP contribution in [0.1, 0.15) is 51.0 Å². The van der Waals surface area contributed by atoms with E-state index < -0.39 is 0 Å². The van der Waals surface area contributed by atoms with Gasteiger partial charge in [0.1, 0.15) is 11.3 Å². The van der Waals surface area contributed by atoms with Crippen molar-refractivity contribution in [2.45, 2.75) is 39.5 Å². The summed E-state index contributed by atoms with van der Waals surface area (Å²) in [5, 5.41) is 0. The first-order valence-electron chi connectivity index (χ1n) is 10.8. The molecule has 0 saturated heterocycles. The predicted octanol–water partition coefficient (Wildman–Crippen LogP) is 6.28. The molecule has 0 N–H and O–H groups in total. The van der Waals surface area contributed by atoms with Crippen LogP contribution in [-0.4, -0.2) is 36.1 Å². The zero-order valence-electron chi connectivity index (χ0n) is 17.6. The molecule has 4 nitrogen and oxygen atoms in total. The highest BCUT2D eigenvalue weighted by molar-refractivity contribution is 5.76. The molecule has 2 aromatic carbocycles. The van der Waals surface area contributed by atoms with Crippen molar-refractivity contribution in [3.8, 4) is 5.75 Å². The second-order valence-electron chi connectivity index (χ2n) is 7.29. The van der Waals surface area contributed by atoms with Crippen LogP contribution in [0.3, 0.4) is 0 Å². The lowest BCUT2D eigenvalue weighted by atomic mass is 10.2. The Morgan fingerprint density at radius 1 is 0.897 bits per heavy atom. The summed E-state index contributed by atoms with van der Waals surface area (Å²) in [6.45, 7) is 8.77. The molecule has 154 valence electrons. The molecule has 1 heterocycles. The summed E-state index contributed by atoms with van der Waals surface area (Å²) in [5.41, 5.74) is 2.71. The molecule has 0 unspecified atom stereocenters. The molecule has 0 aliphatic heterocycles. The van der Waals surface area contributed by atoms with Gasteiger partial charge < -0.3 is 14.1 Å². The normalized spacial score (nSPS) is 11.7. The summed E-state index contributed by atoms with van der Waals surface area (Å²) >= 11 is 0. The van der Waals surface area contributed by atoms with Gasteiger partial charge in [0, 0.05) is 11.6 Å². The number of rotatable bonds is 12. The van der Waals surface area contributed by atoms with Gasteiger partial charge in [-0.25, -0.2) is 4.98 Å². The minimum atomic E-state index is 0.605. The van der Waals surface area contributed by atoms with Crippen molar-refractivity contribution in [2.75, 3.05) is 26.2 Å². The maximum absolute atomic E-state index is 6.07. The minimum absolute atomic E-state index is 0.605. The maximum Gasteiger partial charge on any atom is 0.220 e. The Morgan fingerprint density at radius 2 is 1.66 bits per heavy atom. The molecule has 0 bridgehead atoms. The van der Waals surface area contributed by atoms with Crippen molar-refractivity contribution < 1.29 is 9.15 Å². The van der Waals surface area contributed by atoms with Gasteiger partial charge in [0.05, 0.1) is 6.61 Å².